The van der Waals surface area contributed by atoms with E-state index in [1.165, 1.54) is 6.08 Å². The highest BCUT2D eigenvalue weighted by atomic mass is 16.5. The second kappa shape index (κ2) is 10.6. The molecule has 0 aliphatic rings. The van der Waals surface area contributed by atoms with E-state index < -0.39 is 5.97 Å². The Balaban J connectivity index is 0.000000441. The van der Waals surface area contributed by atoms with Crippen molar-refractivity contribution >= 4 is 11.9 Å². The average molecular weight is 276 g/mol. The Hall–Kier alpha value is -2.36. The fourth-order valence-electron chi connectivity index (χ4n) is 1.22. The lowest BCUT2D eigenvalue weighted by molar-refractivity contribution is -0.142. The highest BCUT2D eigenvalue weighted by molar-refractivity contribution is 5.81. The fraction of sp³-hybridized carbons (Fsp3) is 0.250. The lowest BCUT2D eigenvalue weighted by Crippen LogP contribution is -2.05. The molecule has 0 saturated carbocycles. The Labute approximate surface area is 119 Å². The molecule has 0 amide bonds. The molecule has 0 spiro atoms. The number of rotatable bonds is 5. The predicted octanol–water partition coefficient (Wildman–Crippen LogP) is 3.21. The van der Waals surface area contributed by atoms with E-state index in [-0.39, 0.29) is 12.1 Å². The van der Waals surface area contributed by atoms with Crippen LogP contribution in [0.2, 0.25) is 0 Å². The van der Waals surface area contributed by atoms with Crippen LogP contribution in [0.5, 0.6) is 0 Å². The molecule has 4 nitrogen and oxygen atoms in total. The fourth-order valence-corrected chi connectivity index (χ4v) is 1.22. The van der Waals surface area contributed by atoms with Crippen molar-refractivity contribution in [2.75, 3.05) is 6.61 Å². The van der Waals surface area contributed by atoms with Gasteiger partial charge in [-0.3, -0.25) is 0 Å². The molecule has 1 aromatic rings. The van der Waals surface area contributed by atoms with Crippen LogP contribution in [0.15, 0.2) is 55.6 Å². The highest BCUT2D eigenvalue weighted by Crippen LogP contribution is 2.15. The maximum atomic E-state index is 10.9. The summed E-state index contributed by atoms with van der Waals surface area (Å²) in [7, 11) is 0. The van der Waals surface area contributed by atoms with E-state index in [2.05, 4.69) is 17.9 Å². The molecule has 0 radical (unpaired) electrons. The summed E-state index contributed by atoms with van der Waals surface area (Å²) >= 11 is 0. The maximum absolute atomic E-state index is 10.9. The molecule has 0 bridgehead atoms. The number of ether oxygens (including phenoxy) is 2. The molecule has 0 saturated heterocycles. The van der Waals surface area contributed by atoms with E-state index in [0.29, 0.717) is 6.61 Å². The van der Waals surface area contributed by atoms with Crippen LogP contribution in [0.25, 0.3) is 0 Å². The smallest absolute Gasteiger partial charge is 0.330 e. The molecule has 4 heteroatoms. The van der Waals surface area contributed by atoms with Crippen LogP contribution >= 0.6 is 0 Å². The summed E-state index contributed by atoms with van der Waals surface area (Å²) in [5, 5.41) is 0. The van der Waals surface area contributed by atoms with Crippen LogP contribution in [0.3, 0.4) is 0 Å². The van der Waals surface area contributed by atoms with Gasteiger partial charge in [-0.25, -0.2) is 9.59 Å². The average Bonchev–Trinajstić information content (AvgIpc) is 2.48. The van der Waals surface area contributed by atoms with Gasteiger partial charge in [0.25, 0.3) is 0 Å². The first kappa shape index (κ1) is 17.6. The Kier molecular flexibility index (Phi) is 9.31. The molecule has 20 heavy (non-hydrogen) atoms. The summed E-state index contributed by atoms with van der Waals surface area (Å²) in [5.41, 5.74) is 0.984. The lowest BCUT2D eigenvalue weighted by atomic mass is 10.1. The minimum atomic E-state index is -0.392. The van der Waals surface area contributed by atoms with Crippen molar-refractivity contribution in [2.45, 2.75) is 20.0 Å². The molecule has 1 aromatic carbocycles. The molecule has 1 rings (SSSR count). The summed E-state index contributed by atoms with van der Waals surface area (Å²) in [6.07, 6.45) is 2.09. The molecule has 0 N–H and O–H groups in total. The van der Waals surface area contributed by atoms with Crippen LogP contribution in [0, 0.1) is 0 Å². The SMILES string of the molecule is C=CC(=O)OC(C)c1ccccc1.C=CC(=O)OCC. The molecule has 0 heterocycles. The quantitative estimate of drug-likeness (QED) is 0.612. The minimum Gasteiger partial charge on any atom is -0.463 e. The number of esters is 2. The maximum Gasteiger partial charge on any atom is 0.330 e. The number of hydrogen-bond donors (Lipinski definition) is 0. The minimum absolute atomic E-state index is 0.216. The van der Waals surface area contributed by atoms with Crippen LogP contribution in [0.1, 0.15) is 25.5 Å². The van der Waals surface area contributed by atoms with E-state index in [4.69, 9.17) is 4.74 Å². The van der Waals surface area contributed by atoms with E-state index in [1.807, 2.05) is 37.3 Å². The molecule has 1 unspecified atom stereocenters. The van der Waals surface area contributed by atoms with Gasteiger partial charge < -0.3 is 9.47 Å². The number of carbonyl (C=O) groups excluding carboxylic acids is 2. The standard InChI is InChI=1S/C11H12O2.C5H8O2/c1-3-11(12)13-9(2)10-7-5-4-6-8-10;1-3-5(6)7-4-2/h3-9H,1H2,2H3;3H,1,4H2,2H3. The number of hydrogen-bond acceptors (Lipinski definition) is 4. The molecular weight excluding hydrogens is 256 g/mol. The molecule has 0 fully saturated rings. The zero-order chi connectivity index (χ0) is 15.4. The highest BCUT2D eigenvalue weighted by Gasteiger charge is 2.07. The van der Waals surface area contributed by atoms with Gasteiger partial charge >= 0.3 is 11.9 Å². The summed E-state index contributed by atoms with van der Waals surface area (Å²) in [4.78, 5) is 20.9. The van der Waals surface area contributed by atoms with Gasteiger partial charge in [0, 0.05) is 12.2 Å². The first-order valence-electron chi connectivity index (χ1n) is 6.22. The topological polar surface area (TPSA) is 52.6 Å². The van der Waals surface area contributed by atoms with Crippen LogP contribution in [-0.2, 0) is 19.1 Å². The van der Waals surface area contributed by atoms with Crippen molar-refractivity contribution in [1.29, 1.82) is 0 Å². The van der Waals surface area contributed by atoms with Gasteiger partial charge in [-0.2, -0.15) is 0 Å². The molecule has 0 aliphatic heterocycles. The van der Waals surface area contributed by atoms with Gasteiger partial charge in [-0.15, -0.1) is 0 Å². The second-order valence-electron chi connectivity index (χ2n) is 3.65. The van der Waals surface area contributed by atoms with Crippen LogP contribution in [-0.4, -0.2) is 18.5 Å². The monoisotopic (exact) mass is 276 g/mol. The normalized spacial score (nSPS) is 10.3. The van der Waals surface area contributed by atoms with Crippen molar-refractivity contribution in [3.63, 3.8) is 0 Å². The summed E-state index contributed by atoms with van der Waals surface area (Å²) in [6, 6.07) is 9.58. The molecule has 108 valence electrons. The van der Waals surface area contributed by atoms with E-state index in [0.717, 1.165) is 11.6 Å². The summed E-state index contributed by atoms with van der Waals surface area (Å²) in [5.74, 6) is -0.751. The molecule has 0 aromatic heterocycles. The summed E-state index contributed by atoms with van der Waals surface area (Å²) in [6.45, 7) is 10.5. The van der Waals surface area contributed by atoms with Crippen molar-refractivity contribution in [3.8, 4) is 0 Å². The Bertz CT molecular complexity index is 437. The largest absolute Gasteiger partial charge is 0.463 e. The molecule has 0 aliphatic carbocycles. The van der Waals surface area contributed by atoms with Gasteiger partial charge in [0.15, 0.2) is 0 Å². The van der Waals surface area contributed by atoms with E-state index in [1.54, 1.807) is 6.92 Å². The predicted molar refractivity (Wildman–Crippen MR) is 78.0 cm³/mol. The van der Waals surface area contributed by atoms with E-state index >= 15 is 0 Å². The summed E-state index contributed by atoms with van der Waals surface area (Å²) < 4.78 is 9.46. The Morgan fingerprint density at radius 2 is 1.70 bits per heavy atom. The third kappa shape index (κ3) is 7.87. The van der Waals surface area contributed by atoms with Crippen molar-refractivity contribution in [2.24, 2.45) is 0 Å². The molecular formula is C16H20O4. The lowest BCUT2D eigenvalue weighted by Gasteiger charge is -2.11. The van der Waals surface area contributed by atoms with Gasteiger partial charge in [0.2, 0.25) is 0 Å². The van der Waals surface area contributed by atoms with Gasteiger partial charge in [-0.05, 0) is 19.4 Å². The third-order valence-corrected chi connectivity index (χ3v) is 2.18. The third-order valence-electron chi connectivity index (χ3n) is 2.18. The van der Waals surface area contributed by atoms with Gasteiger partial charge in [-0.1, -0.05) is 43.5 Å². The second-order valence-corrected chi connectivity index (χ2v) is 3.65. The first-order valence-corrected chi connectivity index (χ1v) is 6.22. The zero-order valence-electron chi connectivity index (χ0n) is 11.9. The van der Waals surface area contributed by atoms with Gasteiger partial charge in [0.05, 0.1) is 6.61 Å². The van der Waals surface area contributed by atoms with Crippen molar-refractivity contribution in [3.05, 3.63) is 61.2 Å². The molecule has 1 atom stereocenters. The zero-order valence-corrected chi connectivity index (χ0v) is 11.9. The van der Waals surface area contributed by atoms with Crippen molar-refractivity contribution < 1.29 is 19.1 Å². The van der Waals surface area contributed by atoms with Crippen LogP contribution < -0.4 is 0 Å². The number of benzene rings is 1. The van der Waals surface area contributed by atoms with E-state index in [9.17, 15) is 9.59 Å². The first-order chi connectivity index (χ1) is 9.54. The van der Waals surface area contributed by atoms with Crippen molar-refractivity contribution in [1.82, 2.24) is 0 Å². The Morgan fingerprint density at radius 3 is 2.10 bits per heavy atom. The Morgan fingerprint density at radius 1 is 1.15 bits per heavy atom. The number of carbonyl (C=O) groups is 2. The van der Waals surface area contributed by atoms with Crippen LogP contribution in [0.4, 0.5) is 0 Å². The van der Waals surface area contributed by atoms with Gasteiger partial charge in [0.1, 0.15) is 6.10 Å².